The van der Waals surface area contributed by atoms with Gasteiger partial charge in [-0.15, -0.1) is 0 Å². The van der Waals surface area contributed by atoms with Crippen LogP contribution in [0.25, 0.3) is 0 Å². The fraction of sp³-hybridized carbons (Fsp3) is 0.526. The summed E-state index contributed by atoms with van der Waals surface area (Å²) in [7, 11) is 0. The number of rotatable bonds is 8. The SMILES string of the molecule is NC[C@@H](NC(=O)NC1CCC1)C(=O)Nc1ccc(N2CCOCC2=O)c(OC(F)F)c1. The summed E-state index contributed by atoms with van der Waals surface area (Å²) >= 11 is 0. The van der Waals surface area contributed by atoms with E-state index in [1.807, 2.05) is 0 Å². The van der Waals surface area contributed by atoms with E-state index < -0.39 is 30.5 Å². The first-order valence-electron chi connectivity index (χ1n) is 9.92. The van der Waals surface area contributed by atoms with Crippen LogP contribution in [-0.2, 0) is 14.3 Å². The standard InChI is InChI=1S/C19H25F2N5O5/c20-18(21)31-15-8-12(4-5-14(15)26-6-7-30-10-16(26)27)23-17(28)13(9-22)25-19(29)24-11-2-1-3-11/h4-5,8,11,13,18H,1-3,6-7,9-10,22H2,(H,23,28)(H2,24,25,29)/t13-/m1/s1. The molecule has 1 atom stereocenters. The smallest absolute Gasteiger partial charge is 0.387 e. The van der Waals surface area contributed by atoms with Crippen LogP contribution in [0.3, 0.4) is 0 Å². The molecule has 12 heteroatoms. The van der Waals surface area contributed by atoms with Crippen molar-refractivity contribution in [3.8, 4) is 5.75 Å². The number of ether oxygens (including phenoxy) is 2. The number of benzene rings is 1. The van der Waals surface area contributed by atoms with Crippen molar-refractivity contribution in [3.05, 3.63) is 18.2 Å². The summed E-state index contributed by atoms with van der Waals surface area (Å²) in [5.74, 6) is -1.29. The molecule has 0 bridgehead atoms. The predicted molar refractivity (Wildman–Crippen MR) is 107 cm³/mol. The van der Waals surface area contributed by atoms with Gasteiger partial charge in [0.1, 0.15) is 12.6 Å². The highest BCUT2D eigenvalue weighted by atomic mass is 19.3. The molecule has 1 aromatic rings. The Bertz CT molecular complexity index is 821. The number of nitrogens with one attached hydrogen (secondary N) is 3. The molecule has 0 spiro atoms. The van der Waals surface area contributed by atoms with Crippen LogP contribution in [0.4, 0.5) is 25.0 Å². The van der Waals surface area contributed by atoms with Gasteiger partial charge in [-0.2, -0.15) is 8.78 Å². The summed E-state index contributed by atoms with van der Waals surface area (Å²) in [4.78, 5) is 37.8. The lowest BCUT2D eigenvalue weighted by Crippen LogP contribution is -2.54. The van der Waals surface area contributed by atoms with Crippen molar-refractivity contribution in [2.75, 3.05) is 36.5 Å². The second kappa shape index (κ2) is 10.4. The molecule has 1 aliphatic carbocycles. The van der Waals surface area contributed by atoms with Crippen molar-refractivity contribution >= 4 is 29.2 Å². The van der Waals surface area contributed by atoms with E-state index in [-0.39, 0.29) is 49.5 Å². The van der Waals surface area contributed by atoms with Crippen LogP contribution in [0.2, 0.25) is 0 Å². The van der Waals surface area contributed by atoms with Crippen molar-refractivity contribution in [3.63, 3.8) is 0 Å². The average molecular weight is 441 g/mol. The van der Waals surface area contributed by atoms with Crippen molar-refractivity contribution in [2.24, 2.45) is 5.73 Å². The van der Waals surface area contributed by atoms with Crippen LogP contribution in [0.15, 0.2) is 18.2 Å². The molecule has 1 heterocycles. The Kier molecular flexibility index (Phi) is 7.58. The minimum Gasteiger partial charge on any atom is -0.433 e. The summed E-state index contributed by atoms with van der Waals surface area (Å²) in [6, 6.07) is 2.58. The van der Waals surface area contributed by atoms with Gasteiger partial charge in [0.2, 0.25) is 5.91 Å². The number of anilines is 2. The van der Waals surface area contributed by atoms with Crippen LogP contribution in [-0.4, -0.2) is 62.8 Å². The number of carbonyl (C=O) groups excluding carboxylic acids is 3. The number of nitrogens with zero attached hydrogens (tertiary/aromatic N) is 1. The molecule has 1 aliphatic heterocycles. The topological polar surface area (TPSA) is 135 Å². The lowest BCUT2D eigenvalue weighted by atomic mass is 9.93. The van der Waals surface area contributed by atoms with Gasteiger partial charge in [-0.25, -0.2) is 4.79 Å². The Morgan fingerprint density at radius 1 is 1.32 bits per heavy atom. The normalized spacial score (nSPS) is 17.7. The number of hydrogen-bond donors (Lipinski definition) is 4. The Balaban J connectivity index is 1.69. The predicted octanol–water partition coefficient (Wildman–Crippen LogP) is 0.769. The highest BCUT2D eigenvalue weighted by Gasteiger charge is 2.26. The zero-order valence-corrected chi connectivity index (χ0v) is 16.7. The second-order valence-electron chi connectivity index (χ2n) is 7.18. The average Bonchev–Trinajstić information content (AvgIpc) is 2.69. The summed E-state index contributed by atoms with van der Waals surface area (Å²) in [5, 5.41) is 7.76. The van der Waals surface area contributed by atoms with Gasteiger partial charge in [0, 0.05) is 30.9 Å². The summed E-state index contributed by atoms with van der Waals surface area (Å²) < 4.78 is 35.4. The Hall–Kier alpha value is -2.99. The van der Waals surface area contributed by atoms with E-state index in [9.17, 15) is 23.2 Å². The molecular formula is C19H25F2N5O5. The highest BCUT2D eigenvalue weighted by Crippen LogP contribution is 2.33. The zero-order chi connectivity index (χ0) is 22.4. The van der Waals surface area contributed by atoms with Crippen molar-refractivity contribution in [2.45, 2.75) is 38.0 Å². The largest absolute Gasteiger partial charge is 0.433 e. The molecule has 0 aromatic heterocycles. The number of nitrogens with two attached hydrogens (primary N) is 1. The van der Waals surface area contributed by atoms with Crippen LogP contribution in [0.5, 0.6) is 5.75 Å². The van der Waals surface area contributed by atoms with E-state index >= 15 is 0 Å². The molecule has 1 aromatic carbocycles. The molecule has 1 saturated carbocycles. The molecule has 170 valence electrons. The lowest BCUT2D eigenvalue weighted by molar-refractivity contribution is -0.125. The number of morpholine rings is 1. The highest BCUT2D eigenvalue weighted by molar-refractivity contribution is 5.99. The van der Waals surface area contributed by atoms with E-state index in [0.717, 1.165) is 19.3 Å². The van der Waals surface area contributed by atoms with Gasteiger partial charge in [0.05, 0.1) is 12.3 Å². The maximum absolute atomic E-state index is 12.9. The van der Waals surface area contributed by atoms with Crippen molar-refractivity contribution in [1.29, 1.82) is 0 Å². The molecule has 2 fully saturated rings. The first kappa shape index (κ1) is 22.7. The maximum atomic E-state index is 12.9. The van der Waals surface area contributed by atoms with Crippen LogP contribution in [0.1, 0.15) is 19.3 Å². The fourth-order valence-electron chi connectivity index (χ4n) is 3.18. The quantitative estimate of drug-likeness (QED) is 0.471. The number of halogens is 2. The van der Waals surface area contributed by atoms with Crippen LogP contribution >= 0.6 is 0 Å². The molecule has 0 radical (unpaired) electrons. The van der Waals surface area contributed by atoms with E-state index in [4.69, 9.17) is 10.5 Å². The van der Waals surface area contributed by atoms with E-state index in [2.05, 4.69) is 20.7 Å². The Labute approximate surface area is 177 Å². The molecule has 1 saturated heterocycles. The molecule has 10 nitrogen and oxygen atoms in total. The maximum Gasteiger partial charge on any atom is 0.387 e. The minimum absolute atomic E-state index is 0.0889. The second-order valence-corrected chi connectivity index (χ2v) is 7.18. The third-order valence-corrected chi connectivity index (χ3v) is 5.02. The summed E-state index contributed by atoms with van der Waals surface area (Å²) in [6.07, 6.45) is 2.82. The number of urea groups is 1. The molecule has 5 N–H and O–H groups in total. The molecular weight excluding hydrogens is 416 g/mol. The fourth-order valence-corrected chi connectivity index (χ4v) is 3.18. The van der Waals surface area contributed by atoms with Crippen LogP contribution in [0, 0.1) is 0 Å². The molecule has 0 unspecified atom stereocenters. The molecule has 3 rings (SSSR count). The monoisotopic (exact) mass is 441 g/mol. The van der Waals surface area contributed by atoms with E-state index in [1.54, 1.807) is 0 Å². The third-order valence-electron chi connectivity index (χ3n) is 5.02. The van der Waals surface area contributed by atoms with Crippen molar-refractivity contribution in [1.82, 2.24) is 10.6 Å². The van der Waals surface area contributed by atoms with Gasteiger partial charge < -0.3 is 36.1 Å². The van der Waals surface area contributed by atoms with Crippen LogP contribution < -0.4 is 31.3 Å². The molecule has 4 amide bonds. The molecule has 31 heavy (non-hydrogen) atoms. The number of amides is 4. The number of alkyl halides is 2. The van der Waals surface area contributed by atoms with Gasteiger partial charge >= 0.3 is 12.6 Å². The summed E-state index contributed by atoms with van der Waals surface area (Å²) in [6.45, 7) is -3.02. The van der Waals surface area contributed by atoms with E-state index in [0.29, 0.717) is 0 Å². The van der Waals surface area contributed by atoms with Gasteiger partial charge in [0.15, 0.2) is 5.75 Å². The van der Waals surface area contributed by atoms with Crippen molar-refractivity contribution < 1.29 is 32.6 Å². The van der Waals surface area contributed by atoms with E-state index in [1.165, 1.54) is 23.1 Å². The first-order chi connectivity index (χ1) is 14.9. The minimum atomic E-state index is -3.13. The lowest BCUT2D eigenvalue weighted by Gasteiger charge is -2.29. The molecule has 2 aliphatic rings. The van der Waals surface area contributed by atoms with Gasteiger partial charge in [-0.05, 0) is 31.4 Å². The first-order valence-corrected chi connectivity index (χ1v) is 9.92. The Morgan fingerprint density at radius 2 is 2.10 bits per heavy atom. The van der Waals surface area contributed by atoms with Gasteiger partial charge in [0.25, 0.3) is 5.91 Å². The van der Waals surface area contributed by atoms with Gasteiger partial charge in [-0.1, -0.05) is 0 Å². The third kappa shape index (κ3) is 6.01. The Morgan fingerprint density at radius 3 is 2.71 bits per heavy atom. The number of carbonyl (C=O) groups is 3. The van der Waals surface area contributed by atoms with Gasteiger partial charge in [-0.3, -0.25) is 9.59 Å². The summed E-state index contributed by atoms with van der Waals surface area (Å²) in [5.41, 5.74) is 5.88. The number of hydrogen-bond acceptors (Lipinski definition) is 6. The zero-order valence-electron chi connectivity index (χ0n) is 16.7.